The number of alkyl halides is 1. The molecule has 0 atom stereocenters. The van der Waals surface area contributed by atoms with Crippen molar-refractivity contribution in [3.63, 3.8) is 0 Å². The van der Waals surface area contributed by atoms with Gasteiger partial charge in [-0.3, -0.25) is 0 Å². The highest BCUT2D eigenvalue weighted by atomic mass is 79.9. The minimum absolute atomic E-state index is 0.493. The van der Waals surface area contributed by atoms with Crippen LogP contribution in [0.3, 0.4) is 0 Å². The monoisotopic (exact) mass is 326 g/mol. The minimum Gasteiger partial charge on any atom is -0.305 e. The van der Waals surface area contributed by atoms with Crippen molar-refractivity contribution < 1.29 is 4.79 Å². The van der Waals surface area contributed by atoms with Crippen molar-refractivity contribution in [2.45, 2.75) is 45.2 Å². The zero-order valence-electron chi connectivity index (χ0n) is 11.4. The van der Waals surface area contributed by atoms with E-state index in [2.05, 4.69) is 41.2 Å². The standard InChI is InChI=1S/C15H23BrOSi/c1-18(2,14-10-6-5-7-11-14)15(17)12-8-3-4-9-13-16/h5-7,10-11H,3-4,8-9,12-13H2,1-2H3. The third-order valence-corrected chi connectivity index (χ3v) is 7.46. The van der Waals surface area contributed by atoms with Crippen molar-refractivity contribution in [2.75, 3.05) is 5.33 Å². The second-order valence-electron chi connectivity index (χ2n) is 5.27. The lowest BCUT2D eigenvalue weighted by molar-refractivity contribution is -0.112. The molecule has 18 heavy (non-hydrogen) atoms. The summed E-state index contributed by atoms with van der Waals surface area (Å²) in [4.78, 5) is 12.4. The van der Waals surface area contributed by atoms with Gasteiger partial charge in [-0.2, -0.15) is 0 Å². The fourth-order valence-electron chi connectivity index (χ4n) is 2.06. The zero-order chi connectivity index (χ0) is 13.4. The Morgan fingerprint density at radius 2 is 1.67 bits per heavy atom. The van der Waals surface area contributed by atoms with Gasteiger partial charge in [0.05, 0.1) is 0 Å². The highest BCUT2D eigenvalue weighted by Gasteiger charge is 2.31. The Balaban J connectivity index is 2.45. The number of benzene rings is 1. The lowest BCUT2D eigenvalue weighted by atomic mass is 10.2. The summed E-state index contributed by atoms with van der Waals surface area (Å²) in [6.45, 7) is 4.34. The molecule has 0 spiro atoms. The van der Waals surface area contributed by atoms with E-state index in [0.29, 0.717) is 5.41 Å². The molecule has 0 saturated carbocycles. The Bertz CT molecular complexity index is 362. The lowest BCUT2D eigenvalue weighted by Crippen LogP contribution is -2.49. The maximum Gasteiger partial charge on any atom is 0.157 e. The lowest BCUT2D eigenvalue weighted by Gasteiger charge is -2.21. The van der Waals surface area contributed by atoms with Crippen molar-refractivity contribution in [1.29, 1.82) is 0 Å². The zero-order valence-corrected chi connectivity index (χ0v) is 14.0. The number of rotatable bonds is 8. The molecule has 0 fully saturated rings. The molecule has 0 N–H and O–H groups in total. The third-order valence-electron chi connectivity index (χ3n) is 3.48. The fraction of sp³-hybridized carbons (Fsp3) is 0.533. The van der Waals surface area contributed by atoms with E-state index >= 15 is 0 Å². The van der Waals surface area contributed by atoms with Crippen molar-refractivity contribution >= 4 is 34.6 Å². The number of carbonyl (C=O) groups is 1. The highest BCUT2D eigenvalue weighted by Crippen LogP contribution is 2.12. The molecule has 0 aliphatic rings. The van der Waals surface area contributed by atoms with Gasteiger partial charge in [-0.05, 0) is 12.8 Å². The summed E-state index contributed by atoms with van der Waals surface area (Å²) in [5.74, 6) is 0. The second kappa shape index (κ2) is 7.90. The van der Waals surface area contributed by atoms with Gasteiger partial charge in [0.1, 0.15) is 5.41 Å². The van der Waals surface area contributed by atoms with Crippen LogP contribution >= 0.6 is 15.9 Å². The van der Waals surface area contributed by atoms with Crippen LogP contribution in [0.25, 0.3) is 0 Å². The molecule has 0 aliphatic carbocycles. The Morgan fingerprint density at radius 1 is 1.06 bits per heavy atom. The van der Waals surface area contributed by atoms with E-state index in [4.69, 9.17) is 0 Å². The largest absolute Gasteiger partial charge is 0.305 e. The Kier molecular flexibility index (Phi) is 6.86. The van der Waals surface area contributed by atoms with Crippen LogP contribution in [0.5, 0.6) is 0 Å². The van der Waals surface area contributed by atoms with E-state index in [-0.39, 0.29) is 0 Å². The molecule has 1 nitrogen and oxygen atoms in total. The van der Waals surface area contributed by atoms with Gasteiger partial charge in [-0.15, -0.1) is 0 Å². The van der Waals surface area contributed by atoms with E-state index in [9.17, 15) is 4.79 Å². The summed E-state index contributed by atoms with van der Waals surface area (Å²) >= 11 is 3.43. The number of carbonyl (C=O) groups excluding carboxylic acids is 1. The van der Waals surface area contributed by atoms with E-state index in [1.807, 2.05) is 18.2 Å². The molecular weight excluding hydrogens is 304 g/mol. The SMILES string of the molecule is C[Si](C)(C(=O)CCCCCCBr)c1ccccc1. The Hall–Kier alpha value is -0.413. The van der Waals surface area contributed by atoms with Crippen LogP contribution in [-0.2, 0) is 4.79 Å². The summed E-state index contributed by atoms with van der Waals surface area (Å²) in [5.41, 5.74) is 0. The van der Waals surface area contributed by atoms with E-state index in [0.717, 1.165) is 18.2 Å². The summed E-state index contributed by atoms with van der Waals surface area (Å²) in [6.07, 6.45) is 5.43. The molecule has 100 valence electrons. The first-order valence-electron chi connectivity index (χ1n) is 6.74. The highest BCUT2D eigenvalue weighted by molar-refractivity contribution is 9.09. The summed E-state index contributed by atoms with van der Waals surface area (Å²) in [7, 11) is -1.90. The van der Waals surface area contributed by atoms with Gasteiger partial charge in [0, 0.05) is 11.8 Å². The molecule has 1 rings (SSSR count). The maximum absolute atomic E-state index is 12.4. The van der Waals surface area contributed by atoms with Gasteiger partial charge in [0.2, 0.25) is 0 Å². The molecule has 1 aromatic carbocycles. The predicted octanol–water partition coefficient (Wildman–Crippen LogP) is 4.06. The topological polar surface area (TPSA) is 17.1 Å². The first kappa shape index (κ1) is 15.6. The molecule has 0 heterocycles. The first-order valence-corrected chi connectivity index (χ1v) is 10.9. The van der Waals surface area contributed by atoms with Gasteiger partial charge in [-0.1, -0.05) is 77.4 Å². The molecule has 0 radical (unpaired) electrons. The van der Waals surface area contributed by atoms with Crippen molar-refractivity contribution in [3.05, 3.63) is 30.3 Å². The second-order valence-corrected chi connectivity index (χ2v) is 10.4. The molecule has 3 heteroatoms. The van der Waals surface area contributed by atoms with Crippen molar-refractivity contribution in [1.82, 2.24) is 0 Å². The summed E-state index contributed by atoms with van der Waals surface area (Å²) in [6, 6.07) is 10.3. The molecule has 0 aliphatic heterocycles. The smallest absolute Gasteiger partial charge is 0.157 e. The van der Waals surface area contributed by atoms with E-state index in [1.165, 1.54) is 24.4 Å². The van der Waals surface area contributed by atoms with Crippen LogP contribution in [0, 0.1) is 0 Å². The minimum atomic E-state index is -1.90. The van der Waals surface area contributed by atoms with Gasteiger partial charge in [0.15, 0.2) is 8.07 Å². The Labute approximate surface area is 120 Å². The normalized spacial score (nSPS) is 11.5. The van der Waals surface area contributed by atoms with Crippen molar-refractivity contribution in [2.24, 2.45) is 0 Å². The average molecular weight is 327 g/mol. The van der Waals surface area contributed by atoms with Crippen LogP contribution < -0.4 is 5.19 Å². The molecular formula is C15H23BrOSi. The van der Waals surface area contributed by atoms with Crippen LogP contribution in [0.4, 0.5) is 0 Å². The molecule has 0 amide bonds. The molecule has 1 aromatic rings. The van der Waals surface area contributed by atoms with Crippen molar-refractivity contribution in [3.8, 4) is 0 Å². The third kappa shape index (κ3) is 4.69. The maximum atomic E-state index is 12.4. The van der Waals surface area contributed by atoms with Crippen LogP contribution in [0.1, 0.15) is 32.1 Å². The van der Waals surface area contributed by atoms with Gasteiger partial charge >= 0.3 is 0 Å². The summed E-state index contributed by atoms with van der Waals surface area (Å²) in [5, 5.41) is 2.83. The van der Waals surface area contributed by atoms with E-state index in [1.54, 1.807) is 0 Å². The predicted molar refractivity (Wildman–Crippen MR) is 85.4 cm³/mol. The van der Waals surface area contributed by atoms with E-state index < -0.39 is 8.07 Å². The number of unbranched alkanes of at least 4 members (excludes halogenated alkanes) is 3. The summed E-state index contributed by atoms with van der Waals surface area (Å²) < 4.78 is 0. The van der Waals surface area contributed by atoms with Gasteiger partial charge in [0.25, 0.3) is 0 Å². The van der Waals surface area contributed by atoms with Gasteiger partial charge in [-0.25, -0.2) is 0 Å². The molecule has 0 saturated heterocycles. The van der Waals surface area contributed by atoms with Gasteiger partial charge < -0.3 is 4.79 Å². The number of hydrogen-bond acceptors (Lipinski definition) is 1. The molecule has 0 bridgehead atoms. The number of hydrogen-bond donors (Lipinski definition) is 0. The molecule has 0 unspecified atom stereocenters. The first-order chi connectivity index (χ1) is 8.59. The van der Waals surface area contributed by atoms with Crippen LogP contribution in [0.2, 0.25) is 13.1 Å². The fourth-order valence-corrected chi connectivity index (χ4v) is 4.61. The Morgan fingerprint density at radius 3 is 2.28 bits per heavy atom. The van der Waals surface area contributed by atoms with Crippen LogP contribution in [0.15, 0.2) is 30.3 Å². The molecule has 0 aromatic heterocycles. The quantitative estimate of drug-likeness (QED) is 0.400. The average Bonchev–Trinajstić information content (AvgIpc) is 2.39. The number of halogens is 1. The van der Waals surface area contributed by atoms with Crippen LogP contribution in [-0.4, -0.2) is 18.8 Å².